The molecule has 0 aromatic rings. The Kier molecular flexibility index (Phi) is 3.17. The number of esters is 2. The van der Waals surface area contributed by atoms with Gasteiger partial charge in [-0.3, -0.25) is 0 Å². The van der Waals surface area contributed by atoms with Gasteiger partial charge in [-0.1, -0.05) is 6.58 Å². The maximum Gasteiger partial charge on any atom is 0.344 e. The molecule has 4 nitrogen and oxygen atoms in total. The fourth-order valence-electron chi connectivity index (χ4n) is 0.330. The summed E-state index contributed by atoms with van der Waals surface area (Å²) in [4.78, 5) is 21.0. The fourth-order valence-corrected chi connectivity index (χ4v) is 0.330. The Bertz CT molecular complexity index is 153. The van der Waals surface area contributed by atoms with Gasteiger partial charge in [0.1, 0.15) is 5.57 Å². The zero-order valence-electron chi connectivity index (χ0n) is 5.84. The number of hydrogen-bond acceptors (Lipinski definition) is 4. The normalized spacial score (nSPS) is 8.20. The van der Waals surface area contributed by atoms with Crippen molar-refractivity contribution in [2.24, 2.45) is 0 Å². The second kappa shape index (κ2) is 3.66. The molecule has 0 bridgehead atoms. The van der Waals surface area contributed by atoms with Crippen LogP contribution < -0.4 is 0 Å². The smallest absolute Gasteiger partial charge is 0.344 e. The van der Waals surface area contributed by atoms with Gasteiger partial charge in [-0.2, -0.15) is 0 Å². The summed E-state index contributed by atoms with van der Waals surface area (Å²) < 4.78 is 8.39. The minimum Gasteiger partial charge on any atom is -0.465 e. The van der Waals surface area contributed by atoms with Crippen molar-refractivity contribution in [1.29, 1.82) is 0 Å². The summed E-state index contributed by atoms with van der Waals surface area (Å²) in [5.41, 5.74) is -0.301. The molecule has 0 unspecified atom stereocenters. The molecule has 0 fully saturated rings. The highest BCUT2D eigenvalue weighted by Crippen LogP contribution is 1.94. The molecule has 0 aliphatic carbocycles. The molecule has 0 saturated carbocycles. The lowest BCUT2D eigenvalue weighted by atomic mass is 10.3. The summed E-state index contributed by atoms with van der Waals surface area (Å²) in [6, 6.07) is 0. The van der Waals surface area contributed by atoms with Crippen molar-refractivity contribution in [2.75, 3.05) is 14.2 Å². The van der Waals surface area contributed by atoms with E-state index in [-0.39, 0.29) is 5.57 Å². The maximum absolute atomic E-state index is 10.5. The van der Waals surface area contributed by atoms with E-state index in [9.17, 15) is 9.59 Å². The minimum absolute atomic E-state index is 0.301. The molecule has 0 rings (SSSR count). The summed E-state index contributed by atoms with van der Waals surface area (Å²) in [5, 5.41) is 0. The van der Waals surface area contributed by atoms with E-state index in [0.29, 0.717) is 0 Å². The highest BCUT2D eigenvalue weighted by Gasteiger charge is 2.15. The zero-order chi connectivity index (χ0) is 8.15. The summed E-state index contributed by atoms with van der Waals surface area (Å²) in [6.07, 6.45) is 0. The van der Waals surface area contributed by atoms with Gasteiger partial charge in [0.25, 0.3) is 0 Å². The van der Waals surface area contributed by atoms with Crippen molar-refractivity contribution in [2.45, 2.75) is 0 Å². The quantitative estimate of drug-likeness (QED) is 0.235. The van der Waals surface area contributed by atoms with E-state index in [1.807, 2.05) is 0 Å². The van der Waals surface area contributed by atoms with Gasteiger partial charge in [-0.25, -0.2) is 9.59 Å². The lowest BCUT2D eigenvalue weighted by molar-refractivity contribution is -0.143. The van der Waals surface area contributed by atoms with Gasteiger partial charge in [0.15, 0.2) is 0 Å². The van der Waals surface area contributed by atoms with Crippen LogP contribution in [-0.2, 0) is 19.1 Å². The van der Waals surface area contributed by atoms with Gasteiger partial charge in [-0.15, -0.1) is 0 Å². The monoisotopic (exact) mass is 144 g/mol. The SMILES string of the molecule is C=C(C(=O)OC)C(=O)OC. The van der Waals surface area contributed by atoms with Crippen molar-refractivity contribution in [1.82, 2.24) is 0 Å². The average molecular weight is 144 g/mol. The minimum atomic E-state index is -0.771. The molecular weight excluding hydrogens is 136 g/mol. The number of hydrogen-bond donors (Lipinski definition) is 0. The van der Waals surface area contributed by atoms with E-state index in [4.69, 9.17) is 0 Å². The van der Waals surface area contributed by atoms with Gasteiger partial charge in [0.05, 0.1) is 14.2 Å². The average Bonchev–Trinajstić information content (AvgIpc) is 2.00. The Labute approximate surface area is 58.4 Å². The molecule has 0 aromatic carbocycles. The molecular formula is C6H8O4. The summed E-state index contributed by atoms with van der Waals surface area (Å²) in [6.45, 7) is 3.15. The molecule has 0 aromatic heterocycles. The molecule has 0 atom stereocenters. The number of ether oxygens (including phenoxy) is 2. The van der Waals surface area contributed by atoms with Crippen LogP contribution in [0.25, 0.3) is 0 Å². The first kappa shape index (κ1) is 8.68. The van der Waals surface area contributed by atoms with Crippen LogP contribution in [0.3, 0.4) is 0 Å². The molecule has 4 heteroatoms. The Balaban J connectivity index is 4.09. The molecule has 0 aliphatic rings. The van der Waals surface area contributed by atoms with Crippen molar-refractivity contribution >= 4 is 11.9 Å². The zero-order valence-corrected chi connectivity index (χ0v) is 5.84. The van der Waals surface area contributed by atoms with Crippen LogP contribution in [0, 0.1) is 0 Å². The maximum atomic E-state index is 10.5. The highest BCUT2D eigenvalue weighted by atomic mass is 16.5. The first-order valence-electron chi connectivity index (χ1n) is 2.49. The van der Waals surface area contributed by atoms with Gasteiger partial charge in [0, 0.05) is 0 Å². The van der Waals surface area contributed by atoms with Gasteiger partial charge >= 0.3 is 11.9 Å². The van der Waals surface area contributed by atoms with Gasteiger partial charge < -0.3 is 9.47 Å². The number of carbonyl (C=O) groups excluding carboxylic acids is 2. The first-order chi connectivity index (χ1) is 4.63. The number of rotatable bonds is 2. The number of methoxy groups -OCH3 is 2. The first-order valence-corrected chi connectivity index (χ1v) is 2.49. The predicted octanol–water partition coefficient (Wildman–Crippen LogP) is -0.111. The highest BCUT2D eigenvalue weighted by molar-refractivity contribution is 6.13. The largest absolute Gasteiger partial charge is 0.465 e. The summed E-state index contributed by atoms with van der Waals surface area (Å²) in [7, 11) is 2.33. The Morgan fingerprint density at radius 3 is 1.60 bits per heavy atom. The fraction of sp³-hybridized carbons (Fsp3) is 0.333. The Morgan fingerprint density at radius 2 is 1.40 bits per heavy atom. The van der Waals surface area contributed by atoms with Crippen molar-refractivity contribution < 1.29 is 19.1 Å². The van der Waals surface area contributed by atoms with Crippen LogP contribution >= 0.6 is 0 Å². The van der Waals surface area contributed by atoms with Crippen LogP contribution in [0.4, 0.5) is 0 Å². The van der Waals surface area contributed by atoms with E-state index in [1.165, 1.54) is 0 Å². The molecule has 0 spiro atoms. The Hall–Kier alpha value is -1.32. The lowest BCUT2D eigenvalue weighted by Gasteiger charge is -1.98. The van der Waals surface area contributed by atoms with Crippen LogP contribution in [0.5, 0.6) is 0 Å². The Morgan fingerprint density at radius 1 is 1.10 bits per heavy atom. The van der Waals surface area contributed by atoms with Crippen molar-refractivity contribution in [3.05, 3.63) is 12.2 Å². The van der Waals surface area contributed by atoms with Crippen LogP contribution in [0.1, 0.15) is 0 Å². The second-order valence-electron chi connectivity index (χ2n) is 1.46. The molecule has 0 radical (unpaired) electrons. The third-order valence-corrected chi connectivity index (χ3v) is 0.864. The lowest BCUT2D eigenvalue weighted by Crippen LogP contribution is -2.14. The van der Waals surface area contributed by atoms with E-state index < -0.39 is 11.9 Å². The molecule has 0 saturated heterocycles. The van der Waals surface area contributed by atoms with E-state index in [1.54, 1.807) is 0 Å². The molecule has 0 N–H and O–H groups in total. The molecule has 0 heterocycles. The number of carbonyl (C=O) groups is 2. The van der Waals surface area contributed by atoms with Crippen LogP contribution in [0.15, 0.2) is 12.2 Å². The molecule has 10 heavy (non-hydrogen) atoms. The molecule has 0 amide bonds. The van der Waals surface area contributed by atoms with E-state index in [2.05, 4.69) is 16.1 Å². The van der Waals surface area contributed by atoms with E-state index in [0.717, 1.165) is 14.2 Å². The van der Waals surface area contributed by atoms with Crippen LogP contribution in [-0.4, -0.2) is 26.2 Å². The van der Waals surface area contributed by atoms with Crippen molar-refractivity contribution in [3.8, 4) is 0 Å². The second-order valence-corrected chi connectivity index (χ2v) is 1.46. The summed E-state index contributed by atoms with van der Waals surface area (Å²) in [5.74, 6) is -1.54. The van der Waals surface area contributed by atoms with Crippen LogP contribution in [0.2, 0.25) is 0 Å². The van der Waals surface area contributed by atoms with Crippen molar-refractivity contribution in [3.63, 3.8) is 0 Å². The standard InChI is InChI=1S/C6H8O4/c1-4(5(7)9-2)6(8)10-3/h1H2,2-3H3. The van der Waals surface area contributed by atoms with Gasteiger partial charge in [-0.05, 0) is 0 Å². The van der Waals surface area contributed by atoms with Gasteiger partial charge in [0.2, 0.25) is 0 Å². The third kappa shape index (κ3) is 1.89. The third-order valence-electron chi connectivity index (χ3n) is 0.864. The van der Waals surface area contributed by atoms with E-state index >= 15 is 0 Å². The predicted molar refractivity (Wildman–Crippen MR) is 33.2 cm³/mol. The molecule has 56 valence electrons. The molecule has 0 aliphatic heterocycles. The topological polar surface area (TPSA) is 52.6 Å². The summed E-state index contributed by atoms with van der Waals surface area (Å²) >= 11 is 0.